The van der Waals surface area contributed by atoms with Gasteiger partial charge in [0, 0.05) is 18.2 Å². The van der Waals surface area contributed by atoms with Crippen molar-refractivity contribution < 1.29 is 32.6 Å². The minimum atomic E-state index is -1.45. The molecule has 1 aliphatic rings. The van der Waals surface area contributed by atoms with E-state index in [0.717, 1.165) is 0 Å². The molecule has 3 rings (SSSR count). The van der Waals surface area contributed by atoms with Gasteiger partial charge < -0.3 is 29.7 Å². The molecule has 10 heteroatoms. The van der Waals surface area contributed by atoms with Crippen molar-refractivity contribution in [2.75, 3.05) is 26.7 Å². The summed E-state index contributed by atoms with van der Waals surface area (Å²) >= 11 is 0. The summed E-state index contributed by atoms with van der Waals surface area (Å²) in [5, 5.41) is 0. The lowest BCUT2D eigenvalue weighted by atomic mass is 9.95. The zero-order chi connectivity index (χ0) is 29.8. The van der Waals surface area contributed by atoms with Crippen LogP contribution in [0.25, 0.3) is 11.1 Å². The molecular formula is C30H41F2N3O5. The molecule has 1 heterocycles. The predicted molar refractivity (Wildman–Crippen MR) is 149 cm³/mol. The number of amides is 2. The number of hydrogen-bond donors (Lipinski definition) is 1. The quantitative estimate of drug-likeness (QED) is 0.475. The van der Waals surface area contributed by atoms with Crippen molar-refractivity contribution in [1.82, 2.24) is 9.80 Å². The highest BCUT2D eigenvalue weighted by Gasteiger charge is 2.44. The highest BCUT2D eigenvalue weighted by Crippen LogP contribution is 2.34. The zero-order valence-electron chi connectivity index (χ0n) is 24.4. The van der Waals surface area contributed by atoms with E-state index < -0.39 is 47.5 Å². The van der Waals surface area contributed by atoms with Gasteiger partial charge in [-0.25, -0.2) is 18.4 Å². The molecule has 2 N–H and O–H groups in total. The average Bonchev–Trinajstić information content (AvgIpc) is 3.12. The van der Waals surface area contributed by atoms with Crippen LogP contribution < -0.4 is 10.5 Å². The first kappa shape index (κ1) is 31.1. The van der Waals surface area contributed by atoms with Crippen molar-refractivity contribution in [3.05, 3.63) is 53.8 Å². The van der Waals surface area contributed by atoms with Gasteiger partial charge in [0.15, 0.2) is 0 Å². The van der Waals surface area contributed by atoms with E-state index in [1.165, 1.54) is 9.80 Å². The number of likely N-dealkylation sites (tertiary alicyclic amines) is 1. The Labute approximate surface area is 235 Å². The molecule has 1 fully saturated rings. The second kappa shape index (κ2) is 12.4. The summed E-state index contributed by atoms with van der Waals surface area (Å²) in [7, 11) is 1.61. The number of alkyl halides is 1. The van der Waals surface area contributed by atoms with Crippen LogP contribution in [0.2, 0.25) is 0 Å². The number of para-hydroxylation sites is 1. The van der Waals surface area contributed by atoms with Crippen LogP contribution in [0.1, 0.15) is 47.1 Å². The summed E-state index contributed by atoms with van der Waals surface area (Å²) < 4.78 is 47.3. The van der Waals surface area contributed by atoms with Gasteiger partial charge in [0.05, 0.1) is 25.2 Å². The van der Waals surface area contributed by atoms with Crippen molar-refractivity contribution in [2.45, 2.75) is 77.4 Å². The Morgan fingerprint density at radius 2 is 1.62 bits per heavy atom. The molecule has 8 nitrogen and oxygen atoms in total. The smallest absolute Gasteiger partial charge is 0.410 e. The van der Waals surface area contributed by atoms with E-state index in [0.29, 0.717) is 22.4 Å². The molecule has 3 unspecified atom stereocenters. The number of ether oxygens (including phenoxy) is 3. The van der Waals surface area contributed by atoms with E-state index in [2.05, 4.69) is 0 Å². The molecular weight excluding hydrogens is 520 g/mol. The fourth-order valence-corrected chi connectivity index (χ4v) is 4.38. The molecule has 0 aromatic heterocycles. The van der Waals surface area contributed by atoms with Crippen LogP contribution in [0.3, 0.4) is 0 Å². The monoisotopic (exact) mass is 561 g/mol. The maximum absolute atomic E-state index is 15.9. The SMILES string of the molecule is CN(CCOc1ccccc1-c1cccc(CC2C(N)C(F)CN2C(=O)OC(C)(C)C)c1F)C(=O)OC(C)(C)C. The van der Waals surface area contributed by atoms with Crippen LogP contribution in [-0.4, -0.2) is 78.2 Å². The molecule has 0 saturated carbocycles. The van der Waals surface area contributed by atoms with E-state index in [1.807, 2.05) is 0 Å². The molecule has 2 aromatic rings. The minimum Gasteiger partial charge on any atom is -0.491 e. The molecule has 0 spiro atoms. The van der Waals surface area contributed by atoms with Gasteiger partial charge in [0.2, 0.25) is 0 Å². The Morgan fingerprint density at radius 3 is 2.27 bits per heavy atom. The third-order valence-electron chi connectivity index (χ3n) is 6.34. The van der Waals surface area contributed by atoms with Gasteiger partial charge in [-0.15, -0.1) is 0 Å². The molecule has 1 saturated heterocycles. The normalized spacial score (nSPS) is 19.4. The third kappa shape index (κ3) is 8.06. The van der Waals surface area contributed by atoms with Crippen molar-refractivity contribution in [3.8, 4) is 16.9 Å². The molecule has 2 amide bonds. The van der Waals surface area contributed by atoms with Gasteiger partial charge in [-0.1, -0.05) is 36.4 Å². The Morgan fingerprint density at radius 1 is 1.00 bits per heavy atom. The van der Waals surface area contributed by atoms with Gasteiger partial charge in [-0.3, -0.25) is 0 Å². The fraction of sp³-hybridized carbons (Fsp3) is 0.533. The van der Waals surface area contributed by atoms with Gasteiger partial charge in [-0.05, 0) is 59.6 Å². The average molecular weight is 562 g/mol. The number of carbonyl (C=O) groups excluding carboxylic acids is 2. The van der Waals surface area contributed by atoms with Crippen molar-refractivity contribution in [2.24, 2.45) is 5.73 Å². The molecule has 220 valence electrons. The van der Waals surface area contributed by atoms with E-state index >= 15 is 4.39 Å². The number of carbonyl (C=O) groups is 2. The molecule has 1 aliphatic heterocycles. The summed E-state index contributed by atoms with van der Waals surface area (Å²) in [6.07, 6.45) is -2.58. The highest BCUT2D eigenvalue weighted by atomic mass is 19.1. The first-order valence-electron chi connectivity index (χ1n) is 13.4. The predicted octanol–water partition coefficient (Wildman–Crippen LogP) is 5.57. The van der Waals surface area contributed by atoms with Gasteiger partial charge in [0.1, 0.15) is 35.5 Å². The van der Waals surface area contributed by atoms with E-state index in [-0.39, 0.29) is 26.1 Å². The molecule has 2 aromatic carbocycles. The van der Waals surface area contributed by atoms with Crippen molar-refractivity contribution in [3.63, 3.8) is 0 Å². The van der Waals surface area contributed by atoms with Crippen LogP contribution >= 0.6 is 0 Å². The summed E-state index contributed by atoms with van der Waals surface area (Å²) in [5.74, 6) is -0.0732. The first-order chi connectivity index (χ1) is 18.6. The number of likely N-dealkylation sites (N-methyl/N-ethyl adjacent to an activating group) is 1. The lowest BCUT2D eigenvalue weighted by Crippen LogP contribution is -2.46. The lowest BCUT2D eigenvalue weighted by molar-refractivity contribution is 0.0212. The van der Waals surface area contributed by atoms with Gasteiger partial charge in [-0.2, -0.15) is 0 Å². The standard InChI is InChI=1S/C30H41F2N3O5/c1-29(2,3)39-27(36)34(7)15-16-38-24-14-9-8-12-20(24)21-13-10-11-19(25(21)32)17-23-26(33)22(31)18-35(23)28(37)40-30(4,5)6/h8-14,22-23,26H,15-18,33H2,1-7H3. The van der Waals surface area contributed by atoms with Crippen LogP contribution in [0, 0.1) is 5.82 Å². The fourth-order valence-electron chi connectivity index (χ4n) is 4.38. The number of nitrogens with zero attached hydrogens (tertiary/aromatic N) is 2. The van der Waals surface area contributed by atoms with Crippen LogP contribution in [0.4, 0.5) is 18.4 Å². The summed E-state index contributed by atoms with van der Waals surface area (Å²) in [4.78, 5) is 27.7. The lowest BCUT2D eigenvalue weighted by Gasteiger charge is -2.29. The third-order valence-corrected chi connectivity index (χ3v) is 6.34. The first-order valence-corrected chi connectivity index (χ1v) is 13.4. The Balaban J connectivity index is 1.78. The van der Waals surface area contributed by atoms with E-state index in [4.69, 9.17) is 19.9 Å². The van der Waals surface area contributed by atoms with Crippen LogP contribution in [0.5, 0.6) is 5.75 Å². The van der Waals surface area contributed by atoms with Crippen molar-refractivity contribution in [1.29, 1.82) is 0 Å². The Bertz CT molecular complexity index is 1190. The molecule has 0 radical (unpaired) electrons. The molecule has 40 heavy (non-hydrogen) atoms. The second-order valence-corrected chi connectivity index (χ2v) is 12.0. The van der Waals surface area contributed by atoms with Crippen molar-refractivity contribution >= 4 is 12.2 Å². The number of hydrogen-bond acceptors (Lipinski definition) is 6. The molecule has 3 atom stereocenters. The van der Waals surface area contributed by atoms with Crippen LogP contribution in [-0.2, 0) is 15.9 Å². The maximum atomic E-state index is 15.9. The number of rotatable bonds is 7. The van der Waals surface area contributed by atoms with Gasteiger partial charge in [0.25, 0.3) is 0 Å². The minimum absolute atomic E-state index is 0.0181. The van der Waals surface area contributed by atoms with Gasteiger partial charge >= 0.3 is 12.2 Å². The summed E-state index contributed by atoms with van der Waals surface area (Å²) in [6, 6.07) is 10.2. The van der Waals surface area contributed by atoms with Crippen LogP contribution in [0.15, 0.2) is 42.5 Å². The highest BCUT2D eigenvalue weighted by molar-refractivity contribution is 5.72. The number of halogens is 2. The van der Waals surface area contributed by atoms with E-state index in [9.17, 15) is 14.0 Å². The largest absolute Gasteiger partial charge is 0.491 e. The molecule has 0 aliphatic carbocycles. The maximum Gasteiger partial charge on any atom is 0.410 e. The summed E-state index contributed by atoms with van der Waals surface area (Å²) in [6.45, 7) is 10.8. The Kier molecular flexibility index (Phi) is 9.66. The summed E-state index contributed by atoms with van der Waals surface area (Å²) in [5.41, 5.74) is 5.84. The topological polar surface area (TPSA) is 94.3 Å². The zero-order valence-corrected chi connectivity index (χ0v) is 24.4. The molecule has 0 bridgehead atoms. The second-order valence-electron chi connectivity index (χ2n) is 12.0. The van der Waals surface area contributed by atoms with E-state index in [1.54, 1.807) is 91.1 Å². The number of benzene rings is 2. The number of nitrogens with two attached hydrogens (primary N) is 1. The Hall–Kier alpha value is -3.40.